The topological polar surface area (TPSA) is 64.0 Å². The first kappa shape index (κ1) is 12.9. The Bertz CT molecular complexity index is 524. The van der Waals surface area contributed by atoms with Gasteiger partial charge >= 0.3 is 0 Å². The Hall–Kier alpha value is -0.590. The van der Waals surface area contributed by atoms with Gasteiger partial charge in [0.2, 0.25) is 0 Å². The number of sulfone groups is 1. The number of halogens is 1. The summed E-state index contributed by atoms with van der Waals surface area (Å²) >= 11 is 6.10. The summed E-state index contributed by atoms with van der Waals surface area (Å²) in [5.74, 6) is 0.508. The van der Waals surface area contributed by atoms with Crippen LogP contribution in [-0.4, -0.2) is 35.7 Å². The second-order valence-electron chi connectivity index (χ2n) is 4.46. The highest BCUT2D eigenvalue weighted by Gasteiger charge is 2.27. The Morgan fingerprint density at radius 1 is 1.59 bits per heavy atom. The van der Waals surface area contributed by atoms with Gasteiger partial charge in [0.05, 0.1) is 17.2 Å². The lowest BCUT2D eigenvalue weighted by atomic mass is 10.2. The fourth-order valence-corrected chi connectivity index (χ4v) is 4.03. The first-order valence-electron chi connectivity index (χ1n) is 5.51. The van der Waals surface area contributed by atoms with Crippen molar-refractivity contribution in [3.05, 3.63) is 16.4 Å². The van der Waals surface area contributed by atoms with Gasteiger partial charge in [-0.15, -0.1) is 0 Å². The molecule has 1 aromatic rings. The Morgan fingerprint density at radius 3 is 2.76 bits per heavy atom. The van der Waals surface area contributed by atoms with Crippen LogP contribution in [0.5, 0.6) is 0 Å². The van der Waals surface area contributed by atoms with Gasteiger partial charge in [0, 0.05) is 25.2 Å². The quantitative estimate of drug-likeness (QED) is 0.882. The highest BCUT2D eigenvalue weighted by Crippen LogP contribution is 2.19. The summed E-state index contributed by atoms with van der Waals surface area (Å²) in [7, 11) is -1.04. The fourth-order valence-electron chi connectivity index (χ4n) is 2.08. The predicted octanol–water partition coefficient (Wildman–Crippen LogP) is 0.659. The molecule has 96 valence electrons. The van der Waals surface area contributed by atoms with Crippen molar-refractivity contribution in [2.45, 2.75) is 25.9 Å². The minimum atomic E-state index is -2.83. The standard InChI is InChI=1S/C10H16ClN3O2S/c1-7-9(10(11)14(2)13-7)5-12-8-3-4-17(15,16)6-8/h8,12H,3-6H2,1-2H3. The van der Waals surface area contributed by atoms with Gasteiger partial charge in [-0.3, -0.25) is 4.68 Å². The van der Waals surface area contributed by atoms with E-state index in [9.17, 15) is 8.42 Å². The zero-order valence-electron chi connectivity index (χ0n) is 9.90. The molecule has 1 fully saturated rings. The Morgan fingerprint density at radius 2 is 2.29 bits per heavy atom. The van der Waals surface area contributed by atoms with E-state index in [1.165, 1.54) is 0 Å². The number of rotatable bonds is 3. The molecule has 5 nitrogen and oxygen atoms in total. The third kappa shape index (κ3) is 2.81. The maximum Gasteiger partial charge on any atom is 0.151 e. The molecule has 0 radical (unpaired) electrons. The average Bonchev–Trinajstić information content (AvgIpc) is 2.68. The molecule has 17 heavy (non-hydrogen) atoms. The van der Waals surface area contributed by atoms with Crippen LogP contribution < -0.4 is 5.32 Å². The molecule has 1 atom stereocenters. The zero-order valence-corrected chi connectivity index (χ0v) is 11.5. The maximum absolute atomic E-state index is 11.3. The van der Waals surface area contributed by atoms with E-state index in [0.717, 1.165) is 11.3 Å². The van der Waals surface area contributed by atoms with E-state index >= 15 is 0 Å². The molecule has 2 rings (SSSR count). The number of aromatic nitrogens is 2. The largest absolute Gasteiger partial charge is 0.309 e. The molecule has 0 saturated carbocycles. The van der Waals surface area contributed by atoms with Crippen LogP contribution in [0.2, 0.25) is 5.15 Å². The normalized spacial score (nSPS) is 23.1. The lowest BCUT2D eigenvalue weighted by Crippen LogP contribution is -2.29. The van der Waals surface area contributed by atoms with Gasteiger partial charge < -0.3 is 5.32 Å². The van der Waals surface area contributed by atoms with E-state index < -0.39 is 9.84 Å². The number of hydrogen-bond acceptors (Lipinski definition) is 4. The van der Waals surface area contributed by atoms with Crippen LogP contribution in [0.3, 0.4) is 0 Å². The molecule has 0 aromatic carbocycles. The molecular formula is C10H16ClN3O2S. The Labute approximate surface area is 106 Å². The van der Waals surface area contributed by atoms with E-state index in [4.69, 9.17) is 11.6 Å². The van der Waals surface area contributed by atoms with E-state index in [0.29, 0.717) is 18.1 Å². The molecule has 0 aliphatic carbocycles. The van der Waals surface area contributed by atoms with Gasteiger partial charge in [-0.1, -0.05) is 11.6 Å². The molecule has 1 aliphatic heterocycles. The Balaban J connectivity index is 1.99. The summed E-state index contributed by atoms with van der Waals surface area (Å²) in [6.45, 7) is 2.47. The molecule has 2 heterocycles. The summed E-state index contributed by atoms with van der Waals surface area (Å²) in [6.07, 6.45) is 0.680. The summed E-state index contributed by atoms with van der Waals surface area (Å²) in [5.41, 5.74) is 1.82. The SMILES string of the molecule is Cc1nn(C)c(Cl)c1CNC1CCS(=O)(=O)C1. The molecule has 0 bridgehead atoms. The number of hydrogen-bond donors (Lipinski definition) is 1. The molecule has 1 aromatic heterocycles. The van der Waals surface area contributed by atoms with Gasteiger partial charge in [-0.25, -0.2) is 8.42 Å². The lowest BCUT2D eigenvalue weighted by molar-refractivity contribution is 0.553. The van der Waals surface area contributed by atoms with E-state index in [-0.39, 0.29) is 17.5 Å². The van der Waals surface area contributed by atoms with Crippen molar-refractivity contribution in [2.75, 3.05) is 11.5 Å². The van der Waals surface area contributed by atoms with Crippen LogP contribution in [0, 0.1) is 6.92 Å². The van der Waals surface area contributed by atoms with Crippen LogP contribution in [-0.2, 0) is 23.4 Å². The summed E-state index contributed by atoms with van der Waals surface area (Å²) in [4.78, 5) is 0. The molecule has 1 N–H and O–H groups in total. The van der Waals surface area contributed by atoms with Crippen molar-refractivity contribution in [3.63, 3.8) is 0 Å². The first-order valence-corrected chi connectivity index (χ1v) is 7.71. The van der Waals surface area contributed by atoms with Crippen molar-refractivity contribution in [2.24, 2.45) is 7.05 Å². The number of nitrogens with one attached hydrogen (secondary N) is 1. The smallest absolute Gasteiger partial charge is 0.151 e. The molecular weight excluding hydrogens is 262 g/mol. The molecule has 0 spiro atoms. The monoisotopic (exact) mass is 277 g/mol. The first-order chi connectivity index (χ1) is 7.89. The second-order valence-corrected chi connectivity index (χ2v) is 7.05. The van der Waals surface area contributed by atoms with Gasteiger partial charge in [0.15, 0.2) is 9.84 Å². The van der Waals surface area contributed by atoms with Gasteiger partial charge in [0.1, 0.15) is 5.15 Å². The van der Waals surface area contributed by atoms with Crippen molar-refractivity contribution in [1.29, 1.82) is 0 Å². The summed E-state index contributed by atoms with van der Waals surface area (Å²) in [6, 6.07) is 0.0377. The van der Waals surface area contributed by atoms with E-state index in [1.54, 1.807) is 11.7 Å². The van der Waals surface area contributed by atoms with Crippen LogP contribution in [0.15, 0.2) is 0 Å². The van der Waals surface area contributed by atoms with Gasteiger partial charge in [-0.2, -0.15) is 5.10 Å². The van der Waals surface area contributed by atoms with Crippen LogP contribution in [0.25, 0.3) is 0 Å². The molecule has 1 unspecified atom stereocenters. The zero-order chi connectivity index (χ0) is 12.6. The van der Waals surface area contributed by atoms with Crippen molar-refractivity contribution >= 4 is 21.4 Å². The van der Waals surface area contributed by atoms with Crippen LogP contribution in [0.1, 0.15) is 17.7 Å². The van der Waals surface area contributed by atoms with Crippen molar-refractivity contribution in [3.8, 4) is 0 Å². The van der Waals surface area contributed by atoms with Crippen molar-refractivity contribution < 1.29 is 8.42 Å². The minimum absolute atomic E-state index is 0.0377. The third-order valence-corrected chi connectivity index (χ3v) is 5.31. The third-order valence-electron chi connectivity index (χ3n) is 3.07. The van der Waals surface area contributed by atoms with Gasteiger partial charge in [-0.05, 0) is 13.3 Å². The predicted molar refractivity (Wildman–Crippen MR) is 66.9 cm³/mol. The molecule has 1 aliphatic rings. The van der Waals surface area contributed by atoms with Gasteiger partial charge in [0.25, 0.3) is 0 Å². The fraction of sp³-hybridized carbons (Fsp3) is 0.700. The van der Waals surface area contributed by atoms with Crippen molar-refractivity contribution in [1.82, 2.24) is 15.1 Å². The van der Waals surface area contributed by atoms with E-state index in [2.05, 4.69) is 10.4 Å². The average molecular weight is 278 g/mol. The second kappa shape index (κ2) is 4.59. The molecule has 7 heteroatoms. The molecule has 0 amide bonds. The number of aryl methyl sites for hydroxylation is 2. The minimum Gasteiger partial charge on any atom is -0.309 e. The maximum atomic E-state index is 11.3. The highest BCUT2D eigenvalue weighted by atomic mass is 35.5. The van der Waals surface area contributed by atoms with E-state index in [1.807, 2.05) is 6.92 Å². The summed E-state index contributed by atoms with van der Waals surface area (Å²) < 4.78 is 24.2. The summed E-state index contributed by atoms with van der Waals surface area (Å²) in [5, 5.41) is 8.05. The number of nitrogens with zero attached hydrogens (tertiary/aromatic N) is 2. The Kier molecular flexibility index (Phi) is 3.47. The highest BCUT2D eigenvalue weighted by molar-refractivity contribution is 7.91. The lowest BCUT2D eigenvalue weighted by Gasteiger charge is -2.10. The molecule has 1 saturated heterocycles. The van der Waals surface area contributed by atoms with Crippen LogP contribution in [0.4, 0.5) is 0 Å². The van der Waals surface area contributed by atoms with Crippen LogP contribution >= 0.6 is 11.6 Å².